The first-order valence-corrected chi connectivity index (χ1v) is 8.37. The zero-order chi connectivity index (χ0) is 15.4. The van der Waals surface area contributed by atoms with Crippen molar-refractivity contribution >= 4 is 5.69 Å². The first-order valence-electron chi connectivity index (χ1n) is 8.37. The Balaban J connectivity index is 1.58. The molecule has 0 spiro atoms. The molecule has 2 fully saturated rings. The van der Waals surface area contributed by atoms with Gasteiger partial charge < -0.3 is 9.64 Å². The van der Waals surface area contributed by atoms with Crippen LogP contribution in [0.4, 0.5) is 10.1 Å². The van der Waals surface area contributed by atoms with E-state index in [2.05, 4.69) is 4.90 Å². The van der Waals surface area contributed by atoms with Crippen molar-refractivity contribution in [1.82, 2.24) is 0 Å². The molecule has 1 saturated carbocycles. The standard InChI is InChI=1S/C18H23FN2O/c19-17-7-4-8-18(16(17)13-20)21-11-9-15(10-12-21)22-14-5-2-1-3-6-14/h4,7-8,14-15H,1-3,5-6,9-12H2. The van der Waals surface area contributed by atoms with Crippen LogP contribution in [0.1, 0.15) is 50.5 Å². The van der Waals surface area contributed by atoms with Gasteiger partial charge in [-0.2, -0.15) is 5.26 Å². The van der Waals surface area contributed by atoms with E-state index in [1.54, 1.807) is 6.07 Å². The second-order valence-electron chi connectivity index (χ2n) is 6.33. The molecule has 118 valence electrons. The maximum absolute atomic E-state index is 13.7. The van der Waals surface area contributed by atoms with Gasteiger partial charge in [0.05, 0.1) is 17.9 Å². The van der Waals surface area contributed by atoms with Crippen molar-refractivity contribution in [3.05, 3.63) is 29.6 Å². The number of nitrogens with zero attached hydrogens (tertiary/aromatic N) is 2. The molecule has 0 unspecified atom stereocenters. The van der Waals surface area contributed by atoms with Crippen molar-refractivity contribution in [2.24, 2.45) is 0 Å². The van der Waals surface area contributed by atoms with Crippen LogP contribution in [0.3, 0.4) is 0 Å². The second-order valence-corrected chi connectivity index (χ2v) is 6.33. The number of hydrogen-bond acceptors (Lipinski definition) is 3. The van der Waals surface area contributed by atoms with Crippen LogP contribution in [0, 0.1) is 17.1 Å². The van der Waals surface area contributed by atoms with E-state index in [0.29, 0.717) is 12.2 Å². The number of benzene rings is 1. The lowest BCUT2D eigenvalue weighted by atomic mass is 9.97. The minimum atomic E-state index is -0.430. The third kappa shape index (κ3) is 3.41. The molecular weight excluding hydrogens is 279 g/mol. The SMILES string of the molecule is N#Cc1c(F)cccc1N1CCC(OC2CCCCC2)CC1. The molecule has 1 saturated heterocycles. The Morgan fingerprint density at radius 1 is 1.05 bits per heavy atom. The lowest BCUT2D eigenvalue weighted by Crippen LogP contribution is -2.39. The molecule has 1 aliphatic heterocycles. The van der Waals surface area contributed by atoms with Gasteiger partial charge in [-0.1, -0.05) is 25.3 Å². The summed E-state index contributed by atoms with van der Waals surface area (Å²) in [5.41, 5.74) is 0.882. The summed E-state index contributed by atoms with van der Waals surface area (Å²) in [4.78, 5) is 2.11. The monoisotopic (exact) mass is 302 g/mol. The van der Waals surface area contributed by atoms with Gasteiger partial charge >= 0.3 is 0 Å². The van der Waals surface area contributed by atoms with Crippen molar-refractivity contribution in [2.75, 3.05) is 18.0 Å². The highest BCUT2D eigenvalue weighted by atomic mass is 19.1. The first-order chi connectivity index (χ1) is 10.8. The van der Waals surface area contributed by atoms with E-state index in [-0.39, 0.29) is 5.56 Å². The van der Waals surface area contributed by atoms with Crippen LogP contribution in [0.15, 0.2) is 18.2 Å². The highest BCUT2D eigenvalue weighted by Gasteiger charge is 2.25. The molecule has 22 heavy (non-hydrogen) atoms. The van der Waals surface area contributed by atoms with Crippen molar-refractivity contribution in [3.63, 3.8) is 0 Å². The van der Waals surface area contributed by atoms with E-state index < -0.39 is 5.82 Å². The molecule has 0 aromatic heterocycles. The van der Waals surface area contributed by atoms with Gasteiger partial charge in [-0.15, -0.1) is 0 Å². The molecule has 0 amide bonds. The van der Waals surface area contributed by atoms with Crippen molar-refractivity contribution in [1.29, 1.82) is 5.26 Å². The predicted molar refractivity (Wildman–Crippen MR) is 84.3 cm³/mol. The van der Waals surface area contributed by atoms with Crippen LogP contribution in [0.25, 0.3) is 0 Å². The quantitative estimate of drug-likeness (QED) is 0.846. The number of rotatable bonds is 3. The molecule has 1 aliphatic carbocycles. The molecule has 1 aromatic rings. The van der Waals surface area contributed by atoms with Gasteiger partial charge in [0.15, 0.2) is 0 Å². The number of piperidine rings is 1. The van der Waals surface area contributed by atoms with Crippen LogP contribution >= 0.6 is 0 Å². The Kier molecular flexibility index (Phi) is 4.94. The highest BCUT2D eigenvalue weighted by Crippen LogP contribution is 2.28. The predicted octanol–water partition coefficient (Wildman–Crippen LogP) is 4.02. The zero-order valence-corrected chi connectivity index (χ0v) is 12.9. The number of hydrogen-bond donors (Lipinski definition) is 0. The minimum absolute atomic E-state index is 0.161. The van der Waals surface area contributed by atoms with Gasteiger partial charge in [0.1, 0.15) is 17.4 Å². The van der Waals surface area contributed by atoms with E-state index in [0.717, 1.165) is 31.6 Å². The summed E-state index contributed by atoms with van der Waals surface area (Å²) in [6.45, 7) is 1.66. The summed E-state index contributed by atoms with van der Waals surface area (Å²) in [7, 11) is 0. The van der Waals surface area contributed by atoms with Gasteiger partial charge in [-0.3, -0.25) is 0 Å². The van der Waals surface area contributed by atoms with Crippen LogP contribution in [0.5, 0.6) is 0 Å². The molecule has 0 N–H and O–H groups in total. The van der Waals surface area contributed by atoms with Crippen LogP contribution in [0.2, 0.25) is 0 Å². The van der Waals surface area contributed by atoms with Gasteiger partial charge in [0.2, 0.25) is 0 Å². The zero-order valence-electron chi connectivity index (χ0n) is 12.9. The third-order valence-electron chi connectivity index (χ3n) is 4.82. The fraction of sp³-hybridized carbons (Fsp3) is 0.611. The third-order valence-corrected chi connectivity index (χ3v) is 4.82. The molecule has 1 heterocycles. The number of nitriles is 1. The molecule has 4 heteroatoms. The summed E-state index contributed by atoms with van der Waals surface area (Å²) in [6.07, 6.45) is 8.99. The first kappa shape index (κ1) is 15.3. The number of halogens is 1. The van der Waals surface area contributed by atoms with E-state index >= 15 is 0 Å². The van der Waals surface area contributed by atoms with E-state index in [1.165, 1.54) is 38.2 Å². The molecule has 0 bridgehead atoms. The molecule has 0 atom stereocenters. The van der Waals surface area contributed by atoms with Crippen molar-refractivity contribution in [3.8, 4) is 6.07 Å². The molecule has 3 nitrogen and oxygen atoms in total. The lowest BCUT2D eigenvalue weighted by Gasteiger charge is -2.36. The largest absolute Gasteiger partial charge is 0.375 e. The average molecular weight is 302 g/mol. The highest BCUT2D eigenvalue weighted by molar-refractivity contribution is 5.60. The smallest absolute Gasteiger partial charge is 0.143 e. The Morgan fingerprint density at radius 3 is 2.41 bits per heavy atom. The minimum Gasteiger partial charge on any atom is -0.375 e. The summed E-state index contributed by atoms with van der Waals surface area (Å²) < 4.78 is 19.9. The van der Waals surface area contributed by atoms with Crippen LogP contribution in [-0.2, 0) is 4.74 Å². The fourth-order valence-electron chi connectivity index (χ4n) is 3.59. The molecular formula is C18H23FN2O. The van der Waals surface area contributed by atoms with Crippen LogP contribution in [-0.4, -0.2) is 25.3 Å². The Labute approximate surface area is 131 Å². The number of ether oxygens (including phenoxy) is 1. The second kappa shape index (κ2) is 7.11. The lowest BCUT2D eigenvalue weighted by molar-refractivity contribution is -0.0395. The van der Waals surface area contributed by atoms with Gasteiger partial charge in [0, 0.05) is 13.1 Å². The average Bonchev–Trinajstić information content (AvgIpc) is 2.56. The number of anilines is 1. The molecule has 3 rings (SSSR count). The Hall–Kier alpha value is -1.60. The maximum atomic E-state index is 13.7. The summed E-state index contributed by atoms with van der Waals surface area (Å²) in [5.74, 6) is -0.430. The van der Waals surface area contributed by atoms with Gasteiger partial charge in [0.25, 0.3) is 0 Å². The van der Waals surface area contributed by atoms with Gasteiger partial charge in [-0.05, 0) is 37.8 Å². The molecule has 1 aromatic carbocycles. The van der Waals surface area contributed by atoms with Crippen LogP contribution < -0.4 is 4.90 Å². The normalized spacial score (nSPS) is 20.8. The summed E-state index contributed by atoms with van der Waals surface area (Å²) in [5, 5.41) is 9.16. The van der Waals surface area contributed by atoms with Crippen molar-refractivity contribution in [2.45, 2.75) is 57.2 Å². The molecule has 2 aliphatic rings. The maximum Gasteiger partial charge on any atom is 0.143 e. The molecule has 0 radical (unpaired) electrons. The summed E-state index contributed by atoms with van der Waals surface area (Å²) in [6, 6.07) is 6.85. The van der Waals surface area contributed by atoms with E-state index in [9.17, 15) is 4.39 Å². The van der Waals surface area contributed by atoms with Crippen molar-refractivity contribution < 1.29 is 9.13 Å². The van der Waals surface area contributed by atoms with E-state index in [4.69, 9.17) is 10.00 Å². The Bertz CT molecular complexity index is 541. The fourth-order valence-corrected chi connectivity index (χ4v) is 3.59. The Morgan fingerprint density at radius 2 is 1.73 bits per heavy atom. The summed E-state index contributed by atoms with van der Waals surface area (Å²) >= 11 is 0. The van der Waals surface area contributed by atoms with Gasteiger partial charge in [-0.25, -0.2) is 4.39 Å². The topological polar surface area (TPSA) is 36.3 Å². The van der Waals surface area contributed by atoms with E-state index in [1.807, 2.05) is 12.1 Å².